The Labute approximate surface area is 130 Å². The Morgan fingerprint density at radius 2 is 1.65 bits per heavy atom. The topological polar surface area (TPSA) is 24.1 Å². The molecule has 2 aromatic rings. The molecule has 0 amide bonds. The van der Waals surface area contributed by atoms with Gasteiger partial charge in [0.2, 0.25) is 0 Å². The lowest BCUT2D eigenvalue weighted by molar-refractivity contribution is 0.421. The minimum Gasteiger partial charge on any atom is -0.311 e. The summed E-state index contributed by atoms with van der Waals surface area (Å²) in [5, 5.41) is 9.52. The molecule has 0 saturated carbocycles. The van der Waals surface area contributed by atoms with Crippen LogP contribution in [0.4, 0.5) is 0 Å². The van der Waals surface area contributed by atoms with Crippen LogP contribution in [-0.2, 0) is 6.54 Å². The highest BCUT2D eigenvalue weighted by Gasteiger charge is 2.06. The van der Waals surface area contributed by atoms with Gasteiger partial charge in [-0.2, -0.15) is 0 Å². The van der Waals surface area contributed by atoms with E-state index >= 15 is 0 Å². The van der Waals surface area contributed by atoms with Crippen LogP contribution in [0, 0.1) is 0 Å². The highest BCUT2D eigenvalue weighted by molar-refractivity contribution is 9.10. The van der Waals surface area contributed by atoms with Gasteiger partial charge in [-0.1, -0.05) is 34.1 Å². The molecule has 2 nitrogen and oxygen atoms in total. The molecule has 2 rings (SSSR count). The molecular weight excluding hydrogens is 312 g/mol. The van der Waals surface area contributed by atoms with E-state index < -0.39 is 0 Å². The summed E-state index contributed by atoms with van der Waals surface area (Å²) in [6, 6.07) is 13.0. The largest absolute Gasteiger partial charge is 0.311 e. The van der Waals surface area contributed by atoms with Crippen LogP contribution in [0.25, 0.3) is 10.8 Å². The molecule has 0 spiro atoms. The molecule has 0 bridgehead atoms. The Bertz CT molecular complexity index is 573. The maximum absolute atomic E-state index is 3.51. The first-order valence-corrected chi connectivity index (χ1v) is 7.87. The molecule has 0 aliphatic rings. The summed E-state index contributed by atoms with van der Waals surface area (Å²) < 4.78 is 1.13. The Morgan fingerprint density at radius 3 is 2.40 bits per heavy atom. The van der Waals surface area contributed by atoms with Crippen LogP contribution in [-0.4, -0.2) is 18.6 Å². The summed E-state index contributed by atoms with van der Waals surface area (Å²) in [6.45, 7) is 9.45. The highest BCUT2D eigenvalue weighted by Crippen LogP contribution is 2.20. The van der Waals surface area contributed by atoms with Crippen molar-refractivity contribution in [3.8, 4) is 0 Å². The van der Waals surface area contributed by atoms with Crippen LogP contribution in [0.5, 0.6) is 0 Å². The van der Waals surface area contributed by atoms with Gasteiger partial charge < -0.3 is 10.6 Å². The zero-order chi connectivity index (χ0) is 14.6. The van der Waals surface area contributed by atoms with Crippen LogP contribution in [0.3, 0.4) is 0 Å². The quantitative estimate of drug-likeness (QED) is 0.805. The molecule has 0 heterocycles. The second kappa shape index (κ2) is 6.70. The average Bonchev–Trinajstić information content (AvgIpc) is 2.37. The van der Waals surface area contributed by atoms with Crippen molar-refractivity contribution < 1.29 is 0 Å². The van der Waals surface area contributed by atoms with E-state index in [4.69, 9.17) is 0 Å². The number of benzene rings is 2. The monoisotopic (exact) mass is 334 g/mol. The molecule has 2 aromatic carbocycles. The molecule has 0 atom stereocenters. The van der Waals surface area contributed by atoms with Crippen molar-refractivity contribution in [2.24, 2.45) is 0 Å². The average molecular weight is 335 g/mol. The first-order valence-electron chi connectivity index (χ1n) is 7.08. The minimum atomic E-state index is 0.192. The molecule has 108 valence electrons. The van der Waals surface area contributed by atoms with Crippen molar-refractivity contribution in [2.45, 2.75) is 32.9 Å². The number of hydrogen-bond donors (Lipinski definition) is 2. The van der Waals surface area contributed by atoms with Crippen LogP contribution in [0.15, 0.2) is 40.9 Å². The molecular formula is C17H23BrN2. The van der Waals surface area contributed by atoms with Crippen molar-refractivity contribution in [3.05, 3.63) is 46.4 Å². The predicted octanol–water partition coefficient (Wildman–Crippen LogP) is 4.08. The number of halogens is 1. The van der Waals surface area contributed by atoms with Crippen LogP contribution in [0.1, 0.15) is 26.3 Å². The zero-order valence-corrected chi connectivity index (χ0v) is 14.0. The van der Waals surface area contributed by atoms with Gasteiger partial charge in [0.05, 0.1) is 0 Å². The van der Waals surface area contributed by atoms with E-state index in [1.165, 1.54) is 16.3 Å². The maximum Gasteiger partial charge on any atom is 0.0206 e. The van der Waals surface area contributed by atoms with E-state index in [1.807, 2.05) is 0 Å². The van der Waals surface area contributed by atoms with E-state index in [0.29, 0.717) is 0 Å². The van der Waals surface area contributed by atoms with E-state index in [1.54, 1.807) is 0 Å². The molecule has 3 heteroatoms. The Kier molecular flexibility index (Phi) is 5.19. The van der Waals surface area contributed by atoms with Crippen molar-refractivity contribution in [1.82, 2.24) is 10.6 Å². The fourth-order valence-electron chi connectivity index (χ4n) is 2.13. The number of nitrogens with one attached hydrogen (secondary N) is 2. The third-order valence-corrected chi connectivity index (χ3v) is 3.65. The van der Waals surface area contributed by atoms with Crippen molar-refractivity contribution in [1.29, 1.82) is 0 Å². The third-order valence-electron chi connectivity index (χ3n) is 3.15. The fourth-order valence-corrected chi connectivity index (χ4v) is 2.51. The summed E-state index contributed by atoms with van der Waals surface area (Å²) in [6.07, 6.45) is 0. The Hall–Kier alpha value is -0.900. The van der Waals surface area contributed by atoms with Crippen LogP contribution < -0.4 is 10.6 Å². The second-order valence-electron chi connectivity index (χ2n) is 6.18. The lowest BCUT2D eigenvalue weighted by Crippen LogP contribution is -2.40. The second-order valence-corrected chi connectivity index (χ2v) is 7.10. The predicted molar refractivity (Wildman–Crippen MR) is 91.1 cm³/mol. The Balaban J connectivity index is 1.86. The molecule has 0 aliphatic heterocycles. The smallest absolute Gasteiger partial charge is 0.0206 e. The first kappa shape index (κ1) is 15.5. The maximum atomic E-state index is 3.51. The van der Waals surface area contributed by atoms with Gasteiger partial charge in [-0.05, 0) is 55.3 Å². The van der Waals surface area contributed by atoms with Crippen molar-refractivity contribution in [2.75, 3.05) is 13.1 Å². The van der Waals surface area contributed by atoms with Crippen molar-refractivity contribution in [3.63, 3.8) is 0 Å². The normalized spacial score (nSPS) is 12.0. The van der Waals surface area contributed by atoms with Gasteiger partial charge in [-0.15, -0.1) is 0 Å². The molecule has 0 unspecified atom stereocenters. The van der Waals surface area contributed by atoms with E-state index in [0.717, 1.165) is 24.1 Å². The summed E-state index contributed by atoms with van der Waals surface area (Å²) >= 11 is 3.51. The molecule has 0 radical (unpaired) electrons. The molecule has 20 heavy (non-hydrogen) atoms. The fraction of sp³-hybridized carbons (Fsp3) is 0.412. The number of fused-ring (bicyclic) bond motifs is 1. The minimum absolute atomic E-state index is 0.192. The van der Waals surface area contributed by atoms with Gasteiger partial charge >= 0.3 is 0 Å². The standard InChI is InChI=1S/C17H23BrN2/c1-17(2,3)20-9-8-19-12-13-4-5-15-11-16(18)7-6-14(15)10-13/h4-7,10-11,19-20H,8-9,12H2,1-3H3. The molecule has 2 N–H and O–H groups in total. The van der Waals surface area contributed by atoms with Gasteiger partial charge in [-0.25, -0.2) is 0 Å². The van der Waals surface area contributed by atoms with Crippen molar-refractivity contribution >= 4 is 26.7 Å². The van der Waals surface area contributed by atoms with Crippen LogP contribution >= 0.6 is 15.9 Å². The Morgan fingerprint density at radius 1 is 0.950 bits per heavy atom. The summed E-state index contributed by atoms with van der Waals surface area (Å²) in [5.41, 5.74) is 1.52. The first-order chi connectivity index (χ1) is 9.44. The highest BCUT2D eigenvalue weighted by atomic mass is 79.9. The van der Waals surface area contributed by atoms with Gasteiger partial charge in [0.1, 0.15) is 0 Å². The summed E-state index contributed by atoms with van der Waals surface area (Å²) in [5.74, 6) is 0. The van der Waals surface area contributed by atoms with E-state index in [9.17, 15) is 0 Å². The lowest BCUT2D eigenvalue weighted by Gasteiger charge is -2.20. The molecule has 0 fully saturated rings. The van der Waals surface area contributed by atoms with E-state index in [-0.39, 0.29) is 5.54 Å². The van der Waals surface area contributed by atoms with Gasteiger partial charge in [0.25, 0.3) is 0 Å². The molecule has 0 aliphatic carbocycles. The van der Waals surface area contributed by atoms with E-state index in [2.05, 4.69) is 83.7 Å². The molecule has 0 saturated heterocycles. The number of rotatable bonds is 5. The number of hydrogen-bond acceptors (Lipinski definition) is 2. The summed E-state index contributed by atoms with van der Waals surface area (Å²) in [4.78, 5) is 0. The van der Waals surface area contributed by atoms with Gasteiger partial charge in [0.15, 0.2) is 0 Å². The van der Waals surface area contributed by atoms with Gasteiger partial charge in [0, 0.05) is 29.6 Å². The summed E-state index contributed by atoms with van der Waals surface area (Å²) in [7, 11) is 0. The SMILES string of the molecule is CC(C)(C)NCCNCc1ccc2cc(Br)ccc2c1. The van der Waals surface area contributed by atoms with Crippen LogP contribution in [0.2, 0.25) is 0 Å². The lowest BCUT2D eigenvalue weighted by atomic mass is 10.1. The molecule has 0 aromatic heterocycles. The van der Waals surface area contributed by atoms with Gasteiger partial charge in [-0.3, -0.25) is 0 Å². The zero-order valence-electron chi connectivity index (χ0n) is 12.5. The third kappa shape index (κ3) is 4.89.